The molecular weight excluding hydrogens is 258 g/mol. The number of benzene rings is 1. The van der Waals surface area contributed by atoms with Crippen molar-refractivity contribution in [2.24, 2.45) is 0 Å². The van der Waals surface area contributed by atoms with Crippen LogP contribution >= 0.6 is 28.6 Å². The van der Waals surface area contributed by atoms with Crippen LogP contribution in [-0.2, 0) is 0 Å². The second-order valence-corrected chi connectivity index (χ2v) is 4.67. The topological polar surface area (TPSA) is 23.8 Å². The number of allylic oxidation sites excluding steroid dienone is 1. The molecule has 0 aliphatic carbocycles. The highest BCUT2D eigenvalue weighted by Gasteiger charge is 2.01. The minimum atomic E-state index is 0.0910. The molecule has 0 aromatic heterocycles. The number of nitriles is 1. The molecular formula is C11H10BrNS. The minimum Gasteiger partial charge on any atom is -0.192 e. The molecule has 0 saturated carbocycles. The monoisotopic (exact) mass is 267 g/mol. The average molecular weight is 268 g/mol. The van der Waals surface area contributed by atoms with Crippen LogP contribution in [0.2, 0.25) is 0 Å². The predicted molar refractivity (Wildman–Crippen MR) is 66.2 cm³/mol. The Morgan fingerprint density at radius 2 is 2.07 bits per heavy atom. The van der Waals surface area contributed by atoms with E-state index in [2.05, 4.69) is 34.6 Å². The van der Waals surface area contributed by atoms with Gasteiger partial charge in [0, 0.05) is 9.72 Å². The molecule has 0 amide bonds. The third-order valence-corrected chi connectivity index (χ3v) is 2.36. The molecule has 0 radical (unpaired) electrons. The quantitative estimate of drug-likeness (QED) is 0.642. The van der Waals surface area contributed by atoms with E-state index in [0.29, 0.717) is 5.57 Å². The van der Waals surface area contributed by atoms with E-state index in [9.17, 15) is 0 Å². The summed E-state index contributed by atoms with van der Waals surface area (Å²) in [5.41, 5.74) is 1.59. The van der Waals surface area contributed by atoms with Gasteiger partial charge >= 0.3 is 0 Å². The summed E-state index contributed by atoms with van der Waals surface area (Å²) in [6, 6.07) is 9.83. The SMILES string of the molecule is CC(S)/C=C(\C#N)c1ccc(Br)cc1. The molecule has 0 spiro atoms. The fourth-order valence-corrected chi connectivity index (χ4v) is 1.48. The van der Waals surface area contributed by atoms with E-state index in [0.717, 1.165) is 10.0 Å². The van der Waals surface area contributed by atoms with Gasteiger partial charge in [-0.2, -0.15) is 17.9 Å². The van der Waals surface area contributed by atoms with Crippen LogP contribution in [0.15, 0.2) is 34.8 Å². The molecule has 72 valence electrons. The summed E-state index contributed by atoms with van der Waals surface area (Å²) in [4.78, 5) is 0. The molecule has 1 aromatic rings. The zero-order valence-electron chi connectivity index (χ0n) is 7.74. The Balaban J connectivity index is 3.03. The van der Waals surface area contributed by atoms with E-state index in [1.165, 1.54) is 0 Å². The number of halogens is 1. The highest BCUT2D eigenvalue weighted by molar-refractivity contribution is 9.10. The maximum atomic E-state index is 8.93. The zero-order chi connectivity index (χ0) is 10.6. The third-order valence-electron chi connectivity index (χ3n) is 1.68. The van der Waals surface area contributed by atoms with Gasteiger partial charge in [-0.1, -0.05) is 34.1 Å². The molecule has 1 nitrogen and oxygen atoms in total. The second-order valence-electron chi connectivity index (χ2n) is 2.94. The van der Waals surface area contributed by atoms with Crippen LogP contribution in [-0.4, -0.2) is 5.25 Å². The van der Waals surface area contributed by atoms with E-state index < -0.39 is 0 Å². The molecule has 0 aliphatic heterocycles. The number of rotatable bonds is 2. The number of hydrogen-bond donors (Lipinski definition) is 1. The smallest absolute Gasteiger partial charge is 0.0994 e. The number of hydrogen-bond acceptors (Lipinski definition) is 2. The first kappa shape index (κ1) is 11.4. The van der Waals surface area contributed by atoms with Gasteiger partial charge in [0.1, 0.15) is 0 Å². The summed E-state index contributed by atoms with van der Waals surface area (Å²) in [7, 11) is 0. The van der Waals surface area contributed by atoms with Crippen LogP contribution in [0.25, 0.3) is 5.57 Å². The number of nitrogens with zero attached hydrogens (tertiary/aromatic N) is 1. The maximum absolute atomic E-state index is 8.93. The Morgan fingerprint density at radius 3 is 2.50 bits per heavy atom. The highest BCUT2D eigenvalue weighted by atomic mass is 79.9. The molecule has 3 heteroatoms. The van der Waals surface area contributed by atoms with E-state index in [4.69, 9.17) is 5.26 Å². The van der Waals surface area contributed by atoms with Crippen molar-refractivity contribution in [3.63, 3.8) is 0 Å². The van der Waals surface area contributed by atoms with E-state index in [1.807, 2.05) is 37.3 Å². The van der Waals surface area contributed by atoms with Gasteiger partial charge in [-0.15, -0.1) is 0 Å². The van der Waals surface area contributed by atoms with E-state index in [-0.39, 0.29) is 5.25 Å². The minimum absolute atomic E-state index is 0.0910. The fraction of sp³-hybridized carbons (Fsp3) is 0.182. The van der Waals surface area contributed by atoms with E-state index in [1.54, 1.807) is 0 Å². The first-order chi connectivity index (χ1) is 6.63. The molecule has 0 heterocycles. The van der Waals surface area contributed by atoms with Gasteiger partial charge in [0.05, 0.1) is 11.6 Å². The Morgan fingerprint density at radius 1 is 1.50 bits per heavy atom. The van der Waals surface area contributed by atoms with Crippen molar-refractivity contribution in [2.75, 3.05) is 0 Å². The maximum Gasteiger partial charge on any atom is 0.0994 e. The van der Waals surface area contributed by atoms with Gasteiger partial charge in [0.15, 0.2) is 0 Å². The van der Waals surface area contributed by atoms with Crippen molar-refractivity contribution in [1.82, 2.24) is 0 Å². The lowest BCUT2D eigenvalue weighted by molar-refractivity contribution is 1.26. The van der Waals surface area contributed by atoms with Crippen LogP contribution in [0.4, 0.5) is 0 Å². The largest absolute Gasteiger partial charge is 0.192 e. The van der Waals surface area contributed by atoms with Gasteiger partial charge in [-0.05, 0) is 24.6 Å². The van der Waals surface area contributed by atoms with Crippen LogP contribution in [0.3, 0.4) is 0 Å². The molecule has 1 aromatic carbocycles. The van der Waals surface area contributed by atoms with Gasteiger partial charge in [-0.25, -0.2) is 0 Å². The lowest BCUT2D eigenvalue weighted by atomic mass is 10.1. The molecule has 1 rings (SSSR count). The molecule has 0 N–H and O–H groups in total. The first-order valence-corrected chi connectivity index (χ1v) is 5.50. The summed E-state index contributed by atoms with van der Waals surface area (Å²) in [6.07, 6.45) is 1.84. The molecule has 1 atom stereocenters. The Labute approximate surface area is 98.0 Å². The van der Waals surface area contributed by atoms with Crippen LogP contribution < -0.4 is 0 Å². The van der Waals surface area contributed by atoms with Crippen LogP contribution in [0.1, 0.15) is 12.5 Å². The Kier molecular flexibility index (Phi) is 4.24. The van der Waals surface area contributed by atoms with Crippen molar-refractivity contribution < 1.29 is 0 Å². The fourth-order valence-electron chi connectivity index (χ4n) is 1.07. The first-order valence-electron chi connectivity index (χ1n) is 4.19. The van der Waals surface area contributed by atoms with Crippen molar-refractivity contribution in [2.45, 2.75) is 12.2 Å². The van der Waals surface area contributed by atoms with Crippen molar-refractivity contribution in [1.29, 1.82) is 5.26 Å². The van der Waals surface area contributed by atoms with Gasteiger partial charge in [0.25, 0.3) is 0 Å². The number of thiol groups is 1. The second kappa shape index (κ2) is 5.23. The predicted octanol–water partition coefficient (Wildman–Crippen LogP) is 3.67. The Bertz CT molecular complexity index is 373. The van der Waals surface area contributed by atoms with Gasteiger partial charge in [0.2, 0.25) is 0 Å². The molecule has 0 fully saturated rings. The van der Waals surface area contributed by atoms with Gasteiger partial charge < -0.3 is 0 Å². The summed E-state index contributed by atoms with van der Waals surface area (Å²) >= 11 is 7.58. The van der Waals surface area contributed by atoms with Crippen molar-refractivity contribution in [3.8, 4) is 6.07 Å². The van der Waals surface area contributed by atoms with Crippen LogP contribution in [0, 0.1) is 11.3 Å². The lowest BCUT2D eigenvalue weighted by Gasteiger charge is -2.01. The van der Waals surface area contributed by atoms with Crippen LogP contribution in [0.5, 0.6) is 0 Å². The molecule has 14 heavy (non-hydrogen) atoms. The van der Waals surface area contributed by atoms with Gasteiger partial charge in [-0.3, -0.25) is 0 Å². The standard InChI is InChI=1S/C11H10BrNS/c1-8(14)6-10(7-13)9-2-4-11(12)5-3-9/h2-6,8,14H,1H3/b10-6+. The molecule has 0 saturated heterocycles. The highest BCUT2D eigenvalue weighted by Crippen LogP contribution is 2.18. The normalized spacial score (nSPS) is 13.4. The summed E-state index contributed by atoms with van der Waals surface area (Å²) in [5, 5.41) is 9.02. The summed E-state index contributed by atoms with van der Waals surface area (Å²) in [6.45, 7) is 1.93. The van der Waals surface area contributed by atoms with E-state index >= 15 is 0 Å². The average Bonchev–Trinajstić information content (AvgIpc) is 2.15. The Hall–Kier alpha value is -0.720. The lowest BCUT2D eigenvalue weighted by Crippen LogP contribution is -1.88. The van der Waals surface area contributed by atoms with Crippen molar-refractivity contribution in [3.05, 3.63) is 40.4 Å². The third kappa shape index (κ3) is 3.21. The molecule has 1 unspecified atom stereocenters. The zero-order valence-corrected chi connectivity index (χ0v) is 10.2. The summed E-state index contributed by atoms with van der Waals surface area (Å²) in [5.74, 6) is 0. The summed E-state index contributed by atoms with van der Waals surface area (Å²) < 4.78 is 1.01. The molecule has 0 aliphatic rings. The van der Waals surface area contributed by atoms with Crippen molar-refractivity contribution >= 4 is 34.1 Å². The molecule has 0 bridgehead atoms.